The van der Waals surface area contributed by atoms with Crippen LogP contribution in [0.1, 0.15) is 24.1 Å². The lowest BCUT2D eigenvalue weighted by Crippen LogP contribution is -2.09. The topological polar surface area (TPSA) is 12.0 Å². The highest BCUT2D eigenvalue weighted by atomic mass is 35.5. The summed E-state index contributed by atoms with van der Waals surface area (Å²) < 4.78 is 51.1. The summed E-state index contributed by atoms with van der Waals surface area (Å²) in [6, 6.07) is 8.45. The van der Waals surface area contributed by atoms with Crippen molar-refractivity contribution in [2.45, 2.75) is 19.1 Å². The van der Waals surface area contributed by atoms with E-state index in [1.165, 1.54) is 30.3 Å². The van der Waals surface area contributed by atoms with Crippen LogP contribution in [0.3, 0.4) is 0 Å². The Balaban J connectivity index is 2.17. The van der Waals surface area contributed by atoms with E-state index in [1.54, 1.807) is 6.92 Å². The van der Waals surface area contributed by atoms with Crippen molar-refractivity contribution >= 4 is 17.3 Å². The molecular formula is C15H12ClF4N. The molecule has 0 bridgehead atoms. The Bertz CT molecular complexity index is 623. The molecule has 2 rings (SSSR count). The first-order chi connectivity index (χ1) is 9.77. The Labute approximate surface area is 124 Å². The molecule has 21 heavy (non-hydrogen) atoms. The molecule has 0 aromatic heterocycles. The molecule has 0 aliphatic heterocycles. The highest BCUT2D eigenvalue weighted by Gasteiger charge is 2.30. The zero-order valence-corrected chi connectivity index (χ0v) is 11.8. The van der Waals surface area contributed by atoms with E-state index in [4.69, 9.17) is 11.6 Å². The van der Waals surface area contributed by atoms with Crippen LogP contribution in [-0.2, 0) is 6.18 Å². The zero-order chi connectivity index (χ0) is 15.6. The fraction of sp³-hybridized carbons (Fsp3) is 0.200. The molecule has 0 aliphatic rings. The average Bonchev–Trinajstić information content (AvgIpc) is 2.42. The lowest BCUT2D eigenvalue weighted by atomic mass is 10.1. The number of alkyl halides is 3. The molecule has 0 radical (unpaired) electrons. The van der Waals surface area contributed by atoms with Crippen molar-refractivity contribution in [2.24, 2.45) is 0 Å². The molecule has 1 nitrogen and oxygen atoms in total. The highest BCUT2D eigenvalue weighted by Crippen LogP contribution is 2.31. The second kappa shape index (κ2) is 5.93. The molecule has 0 saturated heterocycles. The molecule has 0 heterocycles. The summed E-state index contributed by atoms with van der Waals surface area (Å²) in [5.74, 6) is -0.474. The molecule has 0 amide bonds. The van der Waals surface area contributed by atoms with Crippen molar-refractivity contribution in [1.82, 2.24) is 0 Å². The summed E-state index contributed by atoms with van der Waals surface area (Å²) in [5, 5.41) is 3.26. The minimum Gasteiger partial charge on any atom is -0.376 e. The van der Waals surface area contributed by atoms with Gasteiger partial charge in [0.25, 0.3) is 0 Å². The van der Waals surface area contributed by atoms with Gasteiger partial charge >= 0.3 is 6.18 Å². The van der Waals surface area contributed by atoms with E-state index in [1.807, 2.05) is 0 Å². The number of anilines is 1. The van der Waals surface area contributed by atoms with Gasteiger partial charge in [0.15, 0.2) is 0 Å². The van der Waals surface area contributed by atoms with Crippen LogP contribution in [0.25, 0.3) is 0 Å². The third-order valence-electron chi connectivity index (χ3n) is 3.04. The average molecular weight is 318 g/mol. The SMILES string of the molecule is CC(Nc1cc(Cl)ccc1F)c1ccc(C(F)(F)F)cc1. The van der Waals surface area contributed by atoms with Gasteiger partial charge in [-0.25, -0.2) is 4.39 Å². The summed E-state index contributed by atoms with van der Waals surface area (Å²) >= 11 is 5.79. The number of rotatable bonds is 3. The fourth-order valence-electron chi connectivity index (χ4n) is 1.89. The van der Waals surface area contributed by atoms with E-state index >= 15 is 0 Å². The molecule has 2 aromatic carbocycles. The number of halogens is 5. The van der Waals surface area contributed by atoms with Crippen LogP contribution in [0.15, 0.2) is 42.5 Å². The standard InChI is InChI=1S/C15H12ClF4N/c1-9(21-14-8-12(16)6-7-13(14)17)10-2-4-11(5-3-10)15(18,19)20/h2-9,21H,1H3. The molecule has 0 fully saturated rings. The van der Waals surface area contributed by atoms with E-state index < -0.39 is 17.6 Å². The highest BCUT2D eigenvalue weighted by molar-refractivity contribution is 6.30. The van der Waals surface area contributed by atoms with Gasteiger partial charge in [0, 0.05) is 11.1 Å². The van der Waals surface area contributed by atoms with Crippen molar-refractivity contribution in [3.8, 4) is 0 Å². The third-order valence-corrected chi connectivity index (χ3v) is 3.27. The molecule has 1 atom stereocenters. The lowest BCUT2D eigenvalue weighted by molar-refractivity contribution is -0.137. The molecular weight excluding hydrogens is 306 g/mol. The Hall–Kier alpha value is -1.75. The van der Waals surface area contributed by atoms with Crippen molar-refractivity contribution in [2.75, 3.05) is 5.32 Å². The summed E-state index contributed by atoms with van der Waals surface area (Å²) in [6.07, 6.45) is -4.37. The van der Waals surface area contributed by atoms with Crippen LogP contribution < -0.4 is 5.32 Å². The van der Waals surface area contributed by atoms with Gasteiger partial charge in [0.1, 0.15) is 5.82 Å². The predicted molar refractivity (Wildman–Crippen MR) is 74.9 cm³/mol. The summed E-state index contributed by atoms with van der Waals surface area (Å²) in [6.45, 7) is 1.73. The Morgan fingerprint density at radius 1 is 1.05 bits per heavy atom. The lowest BCUT2D eigenvalue weighted by Gasteiger charge is -2.17. The van der Waals surface area contributed by atoms with Gasteiger partial charge in [-0.1, -0.05) is 23.7 Å². The number of hydrogen-bond acceptors (Lipinski definition) is 1. The second-order valence-corrected chi connectivity index (χ2v) is 5.05. The smallest absolute Gasteiger partial charge is 0.376 e. The van der Waals surface area contributed by atoms with Crippen LogP contribution in [0.2, 0.25) is 5.02 Å². The monoisotopic (exact) mass is 317 g/mol. The van der Waals surface area contributed by atoms with Gasteiger partial charge in [0.05, 0.1) is 11.3 Å². The molecule has 2 aromatic rings. The van der Waals surface area contributed by atoms with Crippen LogP contribution in [-0.4, -0.2) is 0 Å². The van der Waals surface area contributed by atoms with Gasteiger partial charge in [-0.3, -0.25) is 0 Å². The van der Waals surface area contributed by atoms with Crippen LogP contribution >= 0.6 is 11.6 Å². The first kappa shape index (κ1) is 15.6. The molecule has 1 N–H and O–H groups in total. The molecule has 6 heteroatoms. The molecule has 0 spiro atoms. The summed E-state index contributed by atoms with van der Waals surface area (Å²) in [7, 11) is 0. The minimum atomic E-state index is -4.37. The first-order valence-electron chi connectivity index (χ1n) is 6.16. The maximum atomic E-state index is 13.6. The molecule has 112 valence electrons. The number of nitrogens with one attached hydrogen (secondary N) is 1. The number of hydrogen-bond donors (Lipinski definition) is 1. The van der Waals surface area contributed by atoms with E-state index in [9.17, 15) is 17.6 Å². The quantitative estimate of drug-likeness (QED) is 0.719. The molecule has 0 aliphatic carbocycles. The Morgan fingerprint density at radius 3 is 2.24 bits per heavy atom. The van der Waals surface area contributed by atoms with Crippen molar-refractivity contribution in [3.05, 3.63) is 64.4 Å². The molecule has 0 saturated carbocycles. The van der Waals surface area contributed by atoms with E-state index in [2.05, 4.69) is 5.32 Å². The summed E-state index contributed by atoms with van der Waals surface area (Å²) in [5.41, 5.74) is 0.102. The van der Waals surface area contributed by atoms with Crippen molar-refractivity contribution in [1.29, 1.82) is 0 Å². The largest absolute Gasteiger partial charge is 0.416 e. The van der Waals surface area contributed by atoms with Crippen LogP contribution in [0.5, 0.6) is 0 Å². The van der Waals surface area contributed by atoms with Crippen LogP contribution in [0, 0.1) is 5.82 Å². The van der Waals surface area contributed by atoms with Gasteiger partial charge in [-0.15, -0.1) is 0 Å². The van der Waals surface area contributed by atoms with E-state index in [-0.39, 0.29) is 11.7 Å². The van der Waals surface area contributed by atoms with E-state index in [0.717, 1.165) is 12.1 Å². The predicted octanol–water partition coefficient (Wildman–Crippen LogP) is 5.67. The number of benzene rings is 2. The van der Waals surface area contributed by atoms with E-state index in [0.29, 0.717) is 10.6 Å². The Kier molecular flexibility index (Phi) is 4.42. The molecule has 1 unspecified atom stereocenters. The minimum absolute atomic E-state index is 0.204. The fourth-order valence-corrected chi connectivity index (χ4v) is 2.06. The third kappa shape index (κ3) is 3.88. The normalized spacial score (nSPS) is 13.0. The maximum Gasteiger partial charge on any atom is 0.416 e. The van der Waals surface area contributed by atoms with Gasteiger partial charge in [-0.05, 0) is 42.8 Å². The van der Waals surface area contributed by atoms with Gasteiger partial charge < -0.3 is 5.32 Å². The van der Waals surface area contributed by atoms with Crippen molar-refractivity contribution in [3.63, 3.8) is 0 Å². The maximum absolute atomic E-state index is 13.6. The zero-order valence-electron chi connectivity index (χ0n) is 11.0. The first-order valence-corrected chi connectivity index (χ1v) is 6.54. The van der Waals surface area contributed by atoms with Crippen LogP contribution in [0.4, 0.5) is 23.2 Å². The summed E-state index contributed by atoms with van der Waals surface area (Å²) in [4.78, 5) is 0. The van der Waals surface area contributed by atoms with Gasteiger partial charge in [0.2, 0.25) is 0 Å². The van der Waals surface area contributed by atoms with Gasteiger partial charge in [-0.2, -0.15) is 13.2 Å². The second-order valence-electron chi connectivity index (χ2n) is 4.61. The Morgan fingerprint density at radius 2 is 1.67 bits per heavy atom. The van der Waals surface area contributed by atoms with Crippen molar-refractivity contribution < 1.29 is 17.6 Å².